The number of methoxy groups -OCH3 is 1. The van der Waals surface area contributed by atoms with Gasteiger partial charge >= 0.3 is 0 Å². The van der Waals surface area contributed by atoms with Gasteiger partial charge in [-0.15, -0.1) is 0 Å². The van der Waals surface area contributed by atoms with E-state index in [2.05, 4.69) is 4.98 Å². The fourth-order valence-electron chi connectivity index (χ4n) is 1.54. The highest BCUT2D eigenvalue weighted by Gasteiger charge is 2.18. The van der Waals surface area contributed by atoms with Crippen LogP contribution in [0.15, 0.2) is 18.5 Å². The second-order valence-corrected chi connectivity index (χ2v) is 4.20. The number of rotatable bonds is 6. The summed E-state index contributed by atoms with van der Waals surface area (Å²) in [6, 6.07) is 1.64. The molecule has 0 aliphatic rings. The number of thiocarbonyl (C=S) groups is 1. The van der Waals surface area contributed by atoms with Crippen molar-refractivity contribution in [2.75, 3.05) is 20.2 Å². The molecule has 1 rings (SSSR count). The molecular formula is C12H17N3O2S. The number of pyridine rings is 1. The number of aromatic nitrogens is 1. The van der Waals surface area contributed by atoms with E-state index in [0.717, 1.165) is 0 Å². The minimum atomic E-state index is -0.104. The minimum absolute atomic E-state index is 0.104. The average molecular weight is 267 g/mol. The van der Waals surface area contributed by atoms with E-state index in [1.165, 1.54) is 13.3 Å². The molecule has 0 aliphatic carbocycles. The van der Waals surface area contributed by atoms with Gasteiger partial charge in [-0.2, -0.15) is 0 Å². The zero-order valence-corrected chi connectivity index (χ0v) is 11.4. The third-order valence-corrected chi connectivity index (χ3v) is 2.74. The standard InChI is InChI=1S/C12H17N3O2S/c1-3-15(7-5-11(13)18)12(16)9-4-6-14-8-10(9)17-2/h4,6,8H,3,5,7H2,1-2H3,(H2,13,18). The zero-order chi connectivity index (χ0) is 13.5. The van der Waals surface area contributed by atoms with Gasteiger partial charge in [-0.05, 0) is 13.0 Å². The molecule has 1 heterocycles. The third kappa shape index (κ3) is 3.66. The number of nitrogens with zero attached hydrogens (tertiary/aromatic N) is 2. The van der Waals surface area contributed by atoms with Crippen LogP contribution < -0.4 is 10.5 Å². The number of hydrogen-bond acceptors (Lipinski definition) is 4. The van der Waals surface area contributed by atoms with Crippen LogP contribution in [0.3, 0.4) is 0 Å². The van der Waals surface area contributed by atoms with Crippen LogP contribution in [0.5, 0.6) is 5.75 Å². The third-order valence-electron chi connectivity index (χ3n) is 2.53. The van der Waals surface area contributed by atoms with Crippen LogP contribution in [0.1, 0.15) is 23.7 Å². The van der Waals surface area contributed by atoms with E-state index in [4.69, 9.17) is 22.7 Å². The molecule has 6 heteroatoms. The van der Waals surface area contributed by atoms with Crippen molar-refractivity contribution in [3.8, 4) is 5.75 Å². The molecule has 0 spiro atoms. The van der Waals surface area contributed by atoms with Crippen molar-refractivity contribution >= 4 is 23.1 Å². The van der Waals surface area contributed by atoms with Crippen molar-refractivity contribution in [2.24, 2.45) is 5.73 Å². The molecule has 0 saturated carbocycles. The molecule has 18 heavy (non-hydrogen) atoms. The number of carbonyl (C=O) groups is 1. The summed E-state index contributed by atoms with van der Waals surface area (Å²) in [5.41, 5.74) is 5.95. The molecule has 1 aromatic rings. The predicted molar refractivity (Wildman–Crippen MR) is 73.8 cm³/mol. The second-order valence-electron chi connectivity index (χ2n) is 3.68. The smallest absolute Gasteiger partial charge is 0.257 e. The van der Waals surface area contributed by atoms with Gasteiger partial charge in [0, 0.05) is 25.7 Å². The van der Waals surface area contributed by atoms with Gasteiger partial charge < -0.3 is 15.4 Å². The molecule has 0 saturated heterocycles. The molecule has 0 aliphatic heterocycles. The van der Waals surface area contributed by atoms with Crippen LogP contribution in [0, 0.1) is 0 Å². The monoisotopic (exact) mass is 267 g/mol. The lowest BCUT2D eigenvalue weighted by Crippen LogP contribution is -2.33. The number of carbonyl (C=O) groups excluding carboxylic acids is 1. The molecule has 5 nitrogen and oxygen atoms in total. The second kappa shape index (κ2) is 6.90. The highest BCUT2D eigenvalue weighted by molar-refractivity contribution is 7.80. The Kier molecular flexibility index (Phi) is 5.51. The van der Waals surface area contributed by atoms with Crippen molar-refractivity contribution in [1.29, 1.82) is 0 Å². The van der Waals surface area contributed by atoms with E-state index in [0.29, 0.717) is 35.8 Å². The lowest BCUT2D eigenvalue weighted by atomic mass is 10.2. The summed E-state index contributed by atoms with van der Waals surface area (Å²) >= 11 is 4.82. The van der Waals surface area contributed by atoms with E-state index in [1.807, 2.05) is 6.92 Å². The molecule has 1 aromatic heterocycles. The summed E-state index contributed by atoms with van der Waals surface area (Å²) in [7, 11) is 1.51. The zero-order valence-electron chi connectivity index (χ0n) is 10.5. The quantitative estimate of drug-likeness (QED) is 0.785. The maximum absolute atomic E-state index is 12.3. The largest absolute Gasteiger partial charge is 0.494 e. The molecule has 0 radical (unpaired) electrons. The molecule has 1 amide bonds. The average Bonchev–Trinajstić information content (AvgIpc) is 2.38. The fraction of sp³-hybridized carbons (Fsp3) is 0.417. The number of nitrogens with two attached hydrogens (primary N) is 1. The van der Waals surface area contributed by atoms with Crippen molar-refractivity contribution in [2.45, 2.75) is 13.3 Å². The minimum Gasteiger partial charge on any atom is -0.494 e. The SMILES string of the molecule is CCN(CCC(N)=S)C(=O)c1ccncc1OC. The summed E-state index contributed by atoms with van der Waals surface area (Å²) in [5.74, 6) is 0.365. The Morgan fingerprint density at radius 1 is 1.61 bits per heavy atom. The maximum Gasteiger partial charge on any atom is 0.257 e. The van der Waals surface area contributed by atoms with Crippen molar-refractivity contribution in [3.63, 3.8) is 0 Å². The van der Waals surface area contributed by atoms with Crippen molar-refractivity contribution < 1.29 is 9.53 Å². The lowest BCUT2D eigenvalue weighted by Gasteiger charge is -2.21. The molecule has 0 atom stereocenters. The summed E-state index contributed by atoms with van der Waals surface area (Å²) in [6.07, 6.45) is 3.61. The van der Waals surface area contributed by atoms with E-state index in [-0.39, 0.29) is 5.91 Å². The Hall–Kier alpha value is -1.69. The summed E-state index contributed by atoms with van der Waals surface area (Å²) in [4.78, 5) is 18.3. The Morgan fingerprint density at radius 2 is 2.33 bits per heavy atom. The predicted octanol–water partition coefficient (Wildman–Crippen LogP) is 1.23. The highest BCUT2D eigenvalue weighted by Crippen LogP contribution is 2.17. The van der Waals surface area contributed by atoms with Crippen molar-refractivity contribution in [1.82, 2.24) is 9.88 Å². The first-order chi connectivity index (χ1) is 8.60. The molecule has 2 N–H and O–H groups in total. The Morgan fingerprint density at radius 3 is 2.89 bits per heavy atom. The molecule has 0 unspecified atom stereocenters. The first-order valence-corrected chi connectivity index (χ1v) is 6.06. The van der Waals surface area contributed by atoms with Gasteiger partial charge in [0.2, 0.25) is 0 Å². The number of amides is 1. The van der Waals surface area contributed by atoms with Crippen LogP contribution in [-0.2, 0) is 0 Å². The Labute approximate surface area is 112 Å². The molecule has 98 valence electrons. The van der Waals surface area contributed by atoms with Crippen LogP contribution in [-0.4, -0.2) is 41.0 Å². The van der Waals surface area contributed by atoms with E-state index in [1.54, 1.807) is 17.2 Å². The van der Waals surface area contributed by atoms with Gasteiger partial charge in [-0.1, -0.05) is 12.2 Å². The number of hydrogen-bond donors (Lipinski definition) is 1. The topological polar surface area (TPSA) is 68.5 Å². The highest BCUT2D eigenvalue weighted by atomic mass is 32.1. The van der Waals surface area contributed by atoms with Gasteiger partial charge in [-0.3, -0.25) is 9.78 Å². The fourth-order valence-corrected chi connectivity index (χ4v) is 1.63. The normalized spacial score (nSPS) is 9.89. The first-order valence-electron chi connectivity index (χ1n) is 5.65. The first kappa shape index (κ1) is 14.4. The summed E-state index contributed by atoms with van der Waals surface area (Å²) in [6.45, 7) is 3.01. The molecule has 0 bridgehead atoms. The van der Waals surface area contributed by atoms with E-state index in [9.17, 15) is 4.79 Å². The summed E-state index contributed by atoms with van der Waals surface area (Å²) < 4.78 is 5.13. The van der Waals surface area contributed by atoms with Gasteiger partial charge in [0.1, 0.15) is 5.75 Å². The van der Waals surface area contributed by atoms with Crippen LogP contribution in [0.4, 0.5) is 0 Å². The molecule has 0 fully saturated rings. The maximum atomic E-state index is 12.3. The van der Waals surface area contributed by atoms with Gasteiger partial charge in [0.05, 0.1) is 23.9 Å². The van der Waals surface area contributed by atoms with Crippen LogP contribution in [0.2, 0.25) is 0 Å². The lowest BCUT2D eigenvalue weighted by molar-refractivity contribution is 0.0765. The van der Waals surface area contributed by atoms with E-state index >= 15 is 0 Å². The Balaban J connectivity index is 2.86. The number of ether oxygens (including phenoxy) is 1. The van der Waals surface area contributed by atoms with Crippen LogP contribution in [0.25, 0.3) is 0 Å². The van der Waals surface area contributed by atoms with Crippen molar-refractivity contribution in [3.05, 3.63) is 24.0 Å². The Bertz CT molecular complexity index is 437. The van der Waals surface area contributed by atoms with Gasteiger partial charge in [-0.25, -0.2) is 0 Å². The molecule has 0 aromatic carbocycles. The summed E-state index contributed by atoms with van der Waals surface area (Å²) in [5, 5.41) is 0. The van der Waals surface area contributed by atoms with Gasteiger partial charge in [0.25, 0.3) is 5.91 Å². The van der Waals surface area contributed by atoms with Gasteiger partial charge in [0.15, 0.2) is 0 Å². The molecular weight excluding hydrogens is 250 g/mol. The van der Waals surface area contributed by atoms with E-state index < -0.39 is 0 Å². The van der Waals surface area contributed by atoms with Crippen LogP contribution >= 0.6 is 12.2 Å².